The van der Waals surface area contributed by atoms with Crippen LogP contribution >= 0.6 is 0 Å². The Labute approximate surface area is 142 Å². The maximum Gasteiger partial charge on any atom is 0.257 e. The normalized spacial score (nSPS) is 17.2. The van der Waals surface area contributed by atoms with Crippen LogP contribution in [0.2, 0.25) is 0 Å². The molecule has 1 unspecified atom stereocenters. The highest BCUT2D eigenvalue weighted by atomic mass is 16.5. The summed E-state index contributed by atoms with van der Waals surface area (Å²) in [6, 6.07) is 7.86. The van der Waals surface area contributed by atoms with Crippen molar-refractivity contribution >= 4 is 5.91 Å². The molecule has 1 fully saturated rings. The molecule has 6 nitrogen and oxygen atoms in total. The van der Waals surface area contributed by atoms with Crippen LogP contribution in [0.1, 0.15) is 22.3 Å². The van der Waals surface area contributed by atoms with Gasteiger partial charge in [0.05, 0.1) is 25.4 Å². The smallest absolute Gasteiger partial charge is 0.257 e. The van der Waals surface area contributed by atoms with Crippen LogP contribution in [0.3, 0.4) is 0 Å². The SMILES string of the molecule is CNCC1CCN(C(=O)c2cnn(Cc3ccc(OC)cc3)c2)C1. The summed E-state index contributed by atoms with van der Waals surface area (Å²) in [4.78, 5) is 14.5. The Kier molecular flexibility index (Phi) is 5.15. The van der Waals surface area contributed by atoms with Gasteiger partial charge in [0.2, 0.25) is 0 Å². The van der Waals surface area contributed by atoms with E-state index in [-0.39, 0.29) is 5.91 Å². The van der Waals surface area contributed by atoms with Crippen LogP contribution in [0.5, 0.6) is 5.75 Å². The predicted molar refractivity (Wildman–Crippen MR) is 92.3 cm³/mol. The van der Waals surface area contributed by atoms with Crippen LogP contribution < -0.4 is 10.1 Å². The molecule has 24 heavy (non-hydrogen) atoms. The second-order valence-corrected chi connectivity index (χ2v) is 6.24. The van der Waals surface area contributed by atoms with Crippen LogP contribution in [0.15, 0.2) is 36.7 Å². The van der Waals surface area contributed by atoms with E-state index in [4.69, 9.17) is 4.74 Å². The number of methoxy groups -OCH3 is 1. The molecule has 1 atom stereocenters. The number of ether oxygens (including phenoxy) is 1. The predicted octanol–water partition coefficient (Wildman–Crippen LogP) is 1.62. The number of aromatic nitrogens is 2. The lowest BCUT2D eigenvalue weighted by molar-refractivity contribution is 0.0787. The van der Waals surface area contributed by atoms with E-state index in [1.54, 1.807) is 18.0 Å². The number of nitrogens with zero attached hydrogens (tertiary/aromatic N) is 3. The molecule has 3 rings (SSSR count). The number of hydrogen-bond acceptors (Lipinski definition) is 4. The number of likely N-dealkylation sites (tertiary alicyclic amines) is 1. The lowest BCUT2D eigenvalue weighted by Crippen LogP contribution is -2.30. The van der Waals surface area contributed by atoms with Crippen LogP contribution in [0.25, 0.3) is 0 Å². The zero-order valence-electron chi connectivity index (χ0n) is 14.2. The van der Waals surface area contributed by atoms with Crippen molar-refractivity contribution in [3.8, 4) is 5.75 Å². The van der Waals surface area contributed by atoms with E-state index in [1.165, 1.54) is 0 Å². The molecule has 2 aromatic rings. The number of rotatable bonds is 6. The van der Waals surface area contributed by atoms with Crippen molar-refractivity contribution in [3.05, 3.63) is 47.8 Å². The highest BCUT2D eigenvalue weighted by molar-refractivity contribution is 5.93. The molecular weight excluding hydrogens is 304 g/mol. The minimum absolute atomic E-state index is 0.0783. The van der Waals surface area contributed by atoms with Crippen LogP contribution in [-0.4, -0.2) is 54.4 Å². The summed E-state index contributed by atoms with van der Waals surface area (Å²) in [5.41, 5.74) is 1.78. The van der Waals surface area contributed by atoms with Gasteiger partial charge < -0.3 is 15.0 Å². The summed E-state index contributed by atoms with van der Waals surface area (Å²) in [5.74, 6) is 1.46. The highest BCUT2D eigenvalue weighted by Crippen LogP contribution is 2.18. The highest BCUT2D eigenvalue weighted by Gasteiger charge is 2.27. The molecule has 128 valence electrons. The number of amides is 1. The van der Waals surface area contributed by atoms with E-state index in [9.17, 15) is 4.79 Å². The molecule has 0 saturated carbocycles. The van der Waals surface area contributed by atoms with Gasteiger partial charge in [0.25, 0.3) is 5.91 Å². The number of carbonyl (C=O) groups is 1. The molecule has 0 radical (unpaired) electrons. The summed E-state index contributed by atoms with van der Waals surface area (Å²) in [6.45, 7) is 3.25. The summed E-state index contributed by atoms with van der Waals surface area (Å²) >= 11 is 0. The van der Waals surface area contributed by atoms with Gasteiger partial charge in [-0.2, -0.15) is 5.10 Å². The maximum atomic E-state index is 12.6. The molecular formula is C18H24N4O2. The summed E-state index contributed by atoms with van der Waals surface area (Å²) in [7, 11) is 3.60. The molecule has 0 bridgehead atoms. The summed E-state index contributed by atoms with van der Waals surface area (Å²) in [5, 5.41) is 7.51. The van der Waals surface area contributed by atoms with Gasteiger partial charge in [0, 0.05) is 19.3 Å². The Bertz CT molecular complexity index is 681. The van der Waals surface area contributed by atoms with Crippen molar-refractivity contribution in [1.29, 1.82) is 0 Å². The topological polar surface area (TPSA) is 59.4 Å². The van der Waals surface area contributed by atoms with Crippen LogP contribution in [0.4, 0.5) is 0 Å². The first-order chi connectivity index (χ1) is 11.7. The standard InChI is InChI=1S/C18H24N4O2/c1-19-9-15-7-8-21(11-15)18(23)16-10-20-22(13-16)12-14-3-5-17(24-2)6-4-14/h3-6,10,13,15,19H,7-9,11-12H2,1-2H3. The van der Waals surface area contributed by atoms with E-state index in [0.717, 1.165) is 37.4 Å². The summed E-state index contributed by atoms with van der Waals surface area (Å²) < 4.78 is 6.96. The number of benzene rings is 1. The number of hydrogen-bond donors (Lipinski definition) is 1. The van der Waals surface area contributed by atoms with Crippen molar-refractivity contribution in [2.24, 2.45) is 5.92 Å². The molecule has 1 aliphatic rings. The van der Waals surface area contributed by atoms with Crippen LogP contribution in [-0.2, 0) is 6.54 Å². The van der Waals surface area contributed by atoms with Gasteiger partial charge in [0.15, 0.2) is 0 Å². The molecule has 2 heterocycles. The van der Waals surface area contributed by atoms with E-state index in [0.29, 0.717) is 18.0 Å². The number of carbonyl (C=O) groups excluding carboxylic acids is 1. The monoisotopic (exact) mass is 328 g/mol. The van der Waals surface area contributed by atoms with Gasteiger partial charge in [0.1, 0.15) is 5.75 Å². The largest absolute Gasteiger partial charge is 0.497 e. The molecule has 1 aromatic heterocycles. The fraction of sp³-hybridized carbons (Fsp3) is 0.444. The molecule has 1 N–H and O–H groups in total. The van der Waals surface area contributed by atoms with E-state index in [2.05, 4.69) is 10.4 Å². The molecule has 0 spiro atoms. The first-order valence-electron chi connectivity index (χ1n) is 8.29. The van der Waals surface area contributed by atoms with Gasteiger partial charge in [-0.3, -0.25) is 9.48 Å². The Hall–Kier alpha value is -2.34. The van der Waals surface area contributed by atoms with Gasteiger partial charge in [-0.05, 0) is 43.6 Å². The maximum absolute atomic E-state index is 12.6. The average Bonchev–Trinajstić information content (AvgIpc) is 3.25. The third-order valence-corrected chi connectivity index (χ3v) is 4.45. The van der Waals surface area contributed by atoms with Gasteiger partial charge >= 0.3 is 0 Å². The van der Waals surface area contributed by atoms with E-state index in [1.807, 2.05) is 42.4 Å². The molecule has 0 aliphatic carbocycles. The third-order valence-electron chi connectivity index (χ3n) is 4.45. The first-order valence-corrected chi connectivity index (χ1v) is 8.29. The van der Waals surface area contributed by atoms with E-state index >= 15 is 0 Å². The van der Waals surface area contributed by atoms with Gasteiger partial charge in [-0.1, -0.05) is 12.1 Å². The minimum Gasteiger partial charge on any atom is -0.497 e. The second kappa shape index (κ2) is 7.49. The Morgan fingerprint density at radius 2 is 2.17 bits per heavy atom. The Morgan fingerprint density at radius 3 is 2.88 bits per heavy atom. The average molecular weight is 328 g/mol. The third kappa shape index (κ3) is 3.76. The zero-order valence-corrected chi connectivity index (χ0v) is 14.2. The van der Waals surface area contributed by atoms with Crippen LogP contribution in [0, 0.1) is 5.92 Å². The molecule has 1 aliphatic heterocycles. The lowest BCUT2D eigenvalue weighted by atomic mass is 10.1. The van der Waals surface area contributed by atoms with Crippen molar-refractivity contribution in [1.82, 2.24) is 20.0 Å². The Morgan fingerprint density at radius 1 is 1.38 bits per heavy atom. The minimum atomic E-state index is 0.0783. The molecule has 6 heteroatoms. The summed E-state index contributed by atoms with van der Waals surface area (Å²) in [6.07, 6.45) is 4.56. The molecule has 1 amide bonds. The quantitative estimate of drug-likeness (QED) is 0.875. The molecule has 1 aromatic carbocycles. The fourth-order valence-corrected chi connectivity index (χ4v) is 3.13. The van der Waals surface area contributed by atoms with Crippen molar-refractivity contribution < 1.29 is 9.53 Å². The van der Waals surface area contributed by atoms with Gasteiger partial charge in [-0.15, -0.1) is 0 Å². The lowest BCUT2D eigenvalue weighted by Gasteiger charge is -2.15. The molecule has 1 saturated heterocycles. The number of nitrogens with one attached hydrogen (secondary N) is 1. The van der Waals surface area contributed by atoms with E-state index < -0.39 is 0 Å². The van der Waals surface area contributed by atoms with Crippen molar-refractivity contribution in [2.75, 3.05) is 33.8 Å². The zero-order chi connectivity index (χ0) is 16.9. The second-order valence-electron chi connectivity index (χ2n) is 6.24. The first kappa shape index (κ1) is 16.5. The van der Waals surface area contributed by atoms with Crippen molar-refractivity contribution in [2.45, 2.75) is 13.0 Å². The van der Waals surface area contributed by atoms with Crippen molar-refractivity contribution in [3.63, 3.8) is 0 Å². The van der Waals surface area contributed by atoms with Gasteiger partial charge in [-0.25, -0.2) is 0 Å². The fourth-order valence-electron chi connectivity index (χ4n) is 3.13. The Balaban J connectivity index is 1.61.